The second kappa shape index (κ2) is 8.26. The Morgan fingerprint density at radius 3 is 2.38 bits per heavy atom. The average molecular weight is 361 g/mol. The average Bonchev–Trinajstić information content (AvgIpc) is 2.94. The Labute approximate surface area is 143 Å². The molecule has 1 unspecified atom stereocenters. The van der Waals surface area contributed by atoms with Gasteiger partial charge in [-0.05, 0) is 13.0 Å². The van der Waals surface area contributed by atoms with Gasteiger partial charge in [0.1, 0.15) is 0 Å². The van der Waals surface area contributed by atoms with E-state index in [9.17, 15) is 18.0 Å². The van der Waals surface area contributed by atoms with Gasteiger partial charge < -0.3 is 19.4 Å². The molecule has 0 aromatic heterocycles. The molecule has 1 atom stereocenters. The van der Waals surface area contributed by atoms with E-state index < -0.39 is 27.7 Å². The molecule has 2 rings (SSSR count). The van der Waals surface area contributed by atoms with Crippen LogP contribution >= 0.6 is 0 Å². The lowest BCUT2D eigenvalue weighted by molar-refractivity contribution is -0.154. The number of carbonyl (C=O) groups excluding carboxylic acids is 2. The SMILES string of the molecule is CCN1CCN(C(=O)C(=O)N(CCOC)C2CCS(=O)(=O)C2)CC1. The molecule has 2 fully saturated rings. The summed E-state index contributed by atoms with van der Waals surface area (Å²) in [6, 6.07) is -0.432. The first-order chi connectivity index (χ1) is 11.4. The van der Waals surface area contributed by atoms with Gasteiger partial charge in [0.25, 0.3) is 0 Å². The number of methoxy groups -OCH3 is 1. The minimum atomic E-state index is -3.13. The maximum Gasteiger partial charge on any atom is 0.312 e. The maximum absolute atomic E-state index is 12.7. The monoisotopic (exact) mass is 361 g/mol. The molecular formula is C15H27N3O5S. The van der Waals surface area contributed by atoms with Crippen molar-refractivity contribution in [3.05, 3.63) is 0 Å². The van der Waals surface area contributed by atoms with Gasteiger partial charge in [0.05, 0.1) is 18.1 Å². The highest BCUT2D eigenvalue weighted by molar-refractivity contribution is 7.91. The molecule has 138 valence electrons. The molecule has 0 saturated carbocycles. The zero-order valence-corrected chi connectivity index (χ0v) is 15.3. The van der Waals surface area contributed by atoms with Crippen molar-refractivity contribution >= 4 is 21.7 Å². The highest BCUT2D eigenvalue weighted by Crippen LogP contribution is 2.18. The third-order valence-corrected chi connectivity index (χ3v) is 6.49. The molecule has 2 heterocycles. The van der Waals surface area contributed by atoms with Crippen LogP contribution in [0.1, 0.15) is 13.3 Å². The van der Waals surface area contributed by atoms with E-state index in [0.29, 0.717) is 19.5 Å². The Kier molecular flexibility index (Phi) is 6.59. The van der Waals surface area contributed by atoms with E-state index in [1.54, 1.807) is 4.90 Å². The fraction of sp³-hybridized carbons (Fsp3) is 0.867. The number of amides is 2. The van der Waals surface area contributed by atoms with Gasteiger partial charge in [0.15, 0.2) is 9.84 Å². The van der Waals surface area contributed by atoms with Crippen LogP contribution in [0.3, 0.4) is 0 Å². The summed E-state index contributed by atoms with van der Waals surface area (Å²) >= 11 is 0. The van der Waals surface area contributed by atoms with E-state index in [0.717, 1.165) is 19.6 Å². The highest BCUT2D eigenvalue weighted by atomic mass is 32.2. The van der Waals surface area contributed by atoms with Crippen molar-refractivity contribution in [3.63, 3.8) is 0 Å². The van der Waals surface area contributed by atoms with Gasteiger partial charge in [0.2, 0.25) is 0 Å². The zero-order valence-electron chi connectivity index (χ0n) is 14.4. The minimum absolute atomic E-state index is 0.0673. The summed E-state index contributed by atoms with van der Waals surface area (Å²) in [5, 5.41) is 0. The first kappa shape index (κ1) is 19.1. The lowest BCUT2D eigenvalue weighted by Crippen LogP contribution is -2.55. The van der Waals surface area contributed by atoms with E-state index in [2.05, 4.69) is 11.8 Å². The molecule has 0 aromatic rings. The van der Waals surface area contributed by atoms with Crippen molar-refractivity contribution in [1.82, 2.24) is 14.7 Å². The fourth-order valence-electron chi connectivity index (χ4n) is 3.19. The summed E-state index contributed by atoms with van der Waals surface area (Å²) < 4.78 is 28.4. The Bertz CT molecular complexity index is 557. The molecule has 2 aliphatic rings. The minimum Gasteiger partial charge on any atom is -0.383 e. The quantitative estimate of drug-likeness (QED) is 0.573. The van der Waals surface area contributed by atoms with Gasteiger partial charge in [-0.15, -0.1) is 0 Å². The van der Waals surface area contributed by atoms with Crippen molar-refractivity contribution in [2.45, 2.75) is 19.4 Å². The van der Waals surface area contributed by atoms with Crippen molar-refractivity contribution in [2.75, 3.05) is 64.5 Å². The van der Waals surface area contributed by atoms with Crippen molar-refractivity contribution < 1.29 is 22.7 Å². The van der Waals surface area contributed by atoms with Crippen molar-refractivity contribution in [3.8, 4) is 0 Å². The van der Waals surface area contributed by atoms with E-state index >= 15 is 0 Å². The van der Waals surface area contributed by atoms with Crippen LogP contribution in [0.15, 0.2) is 0 Å². The molecule has 0 aliphatic carbocycles. The number of nitrogens with zero attached hydrogens (tertiary/aromatic N) is 3. The van der Waals surface area contributed by atoms with Crippen LogP contribution in [0.5, 0.6) is 0 Å². The summed E-state index contributed by atoms with van der Waals surface area (Å²) in [4.78, 5) is 30.4. The molecule has 0 bridgehead atoms. The lowest BCUT2D eigenvalue weighted by atomic mass is 10.2. The Morgan fingerprint density at radius 1 is 1.21 bits per heavy atom. The van der Waals surface area contributed by atoms with Crippen LogP contribution < -0.4 is 0 Å². The van der Waals surface area contributed by atoms with Crippen LogP contribution in [0.25, 0.3) is 0 Å². The summed E-state index contributed by atoms with van der Waals surface area (Å²) in [7, 11) is -1.61. The van der Waals surface area contributed by atoms with Gasteiger partial charge in [-0.25, -0.2) is 8.42 Å². The highest BCUT2D eigenvalue weighted by Gasteiger charge is 2.38. The molecule has 2 amide bonds. The second-order valence-corrected chi connectivity index (χ2v) is 8.50. The van der Waals surface area contributed by atoms with Crippen LogP contribution in [0, 0.1) is 0 Å². The third kappa shape index (κ3) is 4.67. The van der Waals surface area contributed by atoms with Crippen molar-refractivity contribution in [2.24, 2.45) is 0 Å². The van der Waals surface area contributed by atoms with E-state index in [1.807, 2.05) is 0 Å². The molecule has 9 heteroatoms. The smallest absolute Gasteiger partial charge is 0.312 e. The lowest BCUT2D eigenvalue weighted by Gasteiger charge is -2.35. The Hall–Kier alpha value is -1.19. The first-order valence-electron chi connectivity index (χ1n) is 8.39. The molecular weight excluding hydrogens is 334 g/mol. The van der Waals surface area contributed by atoms with E-state index in [-0.39, 0.29) is 24.7 Å². The van der Waals surface area contributed by atoms with Gasteiger partial charge in [-0.3, -0.25) is 9.59 Å². The fourth-order valence-corrected chi connectivity index (χ4v) is 4.92. The van der Waals surface area contributed by atoms with Crippen LogP contribution in [0.2, 0.25) is 0 Å². The molecule has 0 aromatic carbocycles. The number of carbonyl (C=O) groups is 2. The topological polar surface area (TPSA) is 87.2 Å². The molecule has 0 radical (unpaired) electrons. The molecule has 8 nitrogen and oxygen atoms in total. The van der Waals surface area contributed by atoms with Gasteiger partial charge in [-0.1, -0.05) is 6.92 Å². The van der Waals surface area contributed by atoms with Crippen LogP contribution in [-0.4, -0.2) is 105 Å². The standard InChI is InChI=1S/C15H27N3O5S/c1-3-16-5-7-17(8-6-16)14(19)15(20)18(9-10-23-2)13-4-11-24(21,22)12-13/h13H,3-12H2,1-2H3. The number of sulfone groups is 1. The van der Waals surface area contributed by atoms with Crippen LogP contribution in [0.4, 0.5) is 0 Å². The molecule has 2 saturated heterocycles. The molecule has 0 N–H and O–H groups in total. The molecule has 2 aliphatic heterocycles. The largest absolute Gasteiger partial charge is 0.383 e. The predicted octanol–water partition coefficient (Wildman–Crippen LogP) is -1.19. The first-order valence-corrected chi connectivity index (χ1v) is 10.2. The summed E-state index contributed by atoms with van der Waals surface area (Å²) in [6.07, 6.45) is 0.384. The number of hydrogen-bond acceptors (Lipinski definition) is 6. The zero-order chi connectivity index (χ0) is 17.7. The summed E-state index contributed by atoms with van der Waals surface area (Å²) in [5.74, 6) is -1.15. The van der Waals surface area contributed by atoms with Gasteiger partial charge in [-0.2, -0.15) is 0 Å². The summed E-state index contributed by atoms with van der Waals surface area (Å²) in [5.41, 5.74) is 0. The maximum atomic E-state index is 12.7. The summed E-state index contributed by atoms with van der Waals surface area (Å²) in [6.45, 7) is 6.07. The third-order valence-electron chi connectivity index (χ3n) is 4.74. The second-order valence-electron chi connectivity index (χ2n) is 6.27. The Morgan fingerprint density at radius 2 is 1.88 bits per heavy atom. The number of hydrogen-bond donors (Lipinski definition) is 0. The van der Waals surface area contributed by atoms with E-state index in [4.69, 9.17) is 4.74 Å². The van der Waals surface area contributed by atoms with Gasteiger partial charge >= 0.3 is 11.8 Å². The molecule has 24 heavy (non-hydrogen) atoms. The van der Waals surface area contributed by atoms with Crippen LogP contribution in [-0.2, 0) is 24.2 Å². The van der Waals surface area contributed by atoms with E-state index in [1.165, 1.54) is 12.0 Å². The number of piperazine rings is 1. The Balaban J connectivity index is 2.03. The number of ether oxygens (including phenoxy) is 1. The number of likely N-dealkylation sites (N-methyl/N-ethyl adjacent to an activating group) is 1. The number of rotatable bonds is 5. The predicted molar refractivity (Wildman–Crippen MR) is 89.3 cm³/mol. The van der Waals surface area contributed by atoms with Crippen molar-refractivity contribution in [1.29, 1.82) is 0 Å². The molecule has 0 spiro atoms. The normalized spacial score (nSPS) is 24.1. The van der Waals surface area contributed by atoms with Gasteiger partial charge in [0, 0.05) is 45.9 Å².